The summed E-state index contributed by atoms with van der Waals surface area (Å²) in [6, 6.07) is 7.24. The lowest BCUT2D eigenvalue weighted by Gasteiger charge is -2.37. The van der Waals surface area contributed by atoms with E-state index in [2.05, 4.69) is 11.8 Å². The summed E-state index contributed by atoms with van der Waals surface area (Å²) >= 11 is 5.81. The van der Waals surface area contributed by atoms with Gasteiger partial charge in [-0.05, 0) is 31.2 Å². The average Bonchev–Trinajstić information content (AvgIpc) is 2.47. The van der Waals surface area contributed by atoms with Crippen LogP contribution in [0.1, 0.15) is 23.7 Å². The van der Waals surface area contributed by atoms with Gasteiger partial charge in [0.1, 0.15) is 0 Å². The van der Waals surface area contributed by atoms with E-state index in [4.69, 9.17) is 21.4 Å². The largest absolute Gasteiger partial charge is 0.394 e. The molecule has 0 radical (unpaired) electrons. The minimum absolute atomic E-state index is 0.0222. The number of morpholine rings is 1. The number of nitrogens with zero attached hydrogens (tertiary/aromatic N) is 1. The first-order valence-corrected chi connectivity index (χ1v) is 7.23. The number of ketones is 1. The molecule has 20 heavy (non-hydrogen) atoms. The lowest BCUT2D eigenvalue weighted by molar-refractivity contribution is -0.0772. The molecule has 1 heterocycles. The summed E-state index contributed by atoms with van der Waals surface area (Å²) in [5.41, 5.74) is 0.689. The molecule has 2 rings (SSSR count). The summed E-state index contributed by atoms with van der Waals surface area (Å²) < 4.78 is 5.48. The van der Waals surface area contributed by atoms with Crippen LogP contribution in [-0.2, 0) is 4.74 Å². The Hall–Kier alpha value is -0.940. The normalized spacial score (nSPS) is 23.8. The molecule has 1 N–H and O–H groups in total. The highest BCUT2D eigenvalue weighted by Crippen LogP contribution is 2.14. The van der Waals surface area contributed by atoms with Gasteiger partial charge >= 0.3 is 0 Å². The van der Waals surface area contributed by atoms with Crippen molar-refractivity contribution in [2.45, 2.75) is 25.5 Å². The van der Waals surface area contributed by atoms with Gasteiger partial charge in [0.05, 0.1) is 19.3 Å². The zero-order valence-corrected chi connectivity index (χ0v) is 12.3. The summed E-state index contributed by atoms with van der Waals surface area (Å²) in [4.78, 5) is 14.3. The maximum Gasteiger partial charge on any atom is 0.164 e. The van der Waals surface area contributed by atoms with Gasteiger partial charge in [0.2, 0.25) is 0 Å². The Morgan fingerprint density at radius 1 is 1.45 bits per heavy atom. The van der Waals surface area contributed by atoms with E-state index in [0.717, 1.165) is 0 Å². The number of benzene rings is 1. The zero-order chi connectivity index (χ0) is 14.5. The molecule has 110 valence electrons. The molecular weight excluding hydrogens is 278 g/mol. The number of ether oxygens (including phenoxy) is 1. The topological polar surface area (TPSA) is 49.8 Å². The number of rotatable bonds is 5. The number of aliphatic hydroxyl groups excluding tert-OH is 1. The minimum Gasteiger partial charge on any atom is -0.394 e. The Balaban J connectivity index is 1.87. The molecule has 0 aliphatic carbocycles. The summed E-state index contributed by atoms with van der Waals surface area (Å²) in [7, 11) is 0. The van der Waals surface area contributed by atoms with Gasteiger partial charge in [0.15, 0.2) is 5.78 Å². The highest BCUT2D eigenvalue weighted by molar-refractivity contribution is 6.30. The predicted octanol–water partition coefficient (Wildman–Crippen LogP) is 1.99. The highest BCUT2D eigenvalue weighted by atomic mass is 35.5. The smallest absolute Gasteiger partial charge is 0.164 e. The van der Waals surface area contributed by atoms with E-state index in [1.54, 1.807) is 24.3 Å². The maximum absolute atomic E-state index is 12.1. The molecule has 1 fully saturated rings. The molecule has 1 aliphatic heterocycles. The van der Waals surface area contributed by atoms with E-state index in [9.17, 15) is 4.79 Å². The second kappa shape index (κ2) is 7.18. The third-order valence-corrected chi connectivity index (χ3v) is 3.88. The zero-order valence-electron chi connectivity index (χ0n) is 11.6. The van der Waals surface area contributed by atoms with Gasteiger partial charge in [-0.3, -0.25) is 9.69 Å². The Morgan fingerprint density at radius 2 is 2.15 bits per heavy atom. The molecule has 0 aromatic heterocycles. The molecule has 2 atom stereocenters. The average molecular weight is 298 g/mol. The molecule has 0 spiro atoms. The Labute approximate surface area is 124 Å². The molecule has 0 bridgehead atoms. The molecule has 2 unspecified atom stereocenters. The van der Waals surface area contributed by atoms with Crippen LogP contribution in [-0.4, -0.2) is 54.2 Å². The third kappa shape index (κ3) is 4.03. The number of Topliss-reactive ketones (excluding diaryl/α,β-unsaturated/α-hetero) is 1. The van der Waals surface area contributed by atoms with Crippen molar-refractivity contribution in [2.75, 3.05) is 26.3 Å². The fourth-order valence-corrected chi connectivity index (χ4v) is 2.45. The van der Waals surface area contributed by atoms with E-state index in [0.29, 0.717) is 36.7 Å². The van der Waals surface area contributed by atoms with Crippen LogP contribution >= 0.6 is 11.6 Å². The summed E-state index contributed by atoms with van der Waals surface area (Å²) in [6.07, 6.45) is 0.321. The van der Waals surface area contributed by atoms with Crippen LogP contribution in [0, 0.1) is 0 Å². The maximum atomic E-state index is 12.1. The monoisotopic (exact) mass is 297 g/mol. The second-order valence-corrected chi connectivity index (χ2v) is 5.60. The van der Waals surface area contributed by atoms with Crippen molar-refractivity contribution in [3.63, 3.8) is 0 Å². The number of halogens is 1. The third-order valence-electron chi connectivity index (χ3n) is 3.63. The predicted molar refractivity (Wildman–Crippen MR) is 78.3 cm³/mol. The second-order valence-electron chi connectivity index (χ2n) is 5.16. The molecule has 1 aromatic rings. The van der Waals surface area contributed by atoms with Crippen LogP contribution in [0.3, 0.4) is 0 Å². The minimum atomic E-state index is -0.142. The summed E-state index contributed by atoms with van der Waals surface area (Å²) in [5, 5.41) is 9.78. The van der Waals surface area contributed by atoms with E-state index in [-0.39, 0.29) is 24.5 Å². The van der Waals surface area contributed by atoms with Crippen molar-refractivity contribution < 1.29 is 14.6 Å². The van der Waals surface area contributed by atoms with Crippen molar-refractivity contribution in [3.05, 3.63) is 34.9 Å². The Kier molecular flexibility index (Phi) is 5.54. The van der Waals surface area contributed by atoms with E-state index in [1.165, 1.54) is 0 Å². The first-order chi connectivity index (χ1) is 9.60. The van der Waals surface area contributed by atoms with Crippen LogP contribution in [0.2, 0.25) is 5.02 Å². The van der Waals surface area contributed by atoms with Crippen molar-refractivity contribution in [3.8, 4) is 0 Å². The standard InChI is InChI=1S/C15H20ClNO3/c1-11-10-20-14(9-18)8-17(11)7-6-15(19)12-2-4-13(16)5-3-12/h2-5,11,14,18H,6-10H2,1H3. The van der Waals surface area contributed by atoms with E-state index >= 15 is 0 Å². The first kappa shape index (κ1) is 15.4. The van der Waals surface area contributed by atoms with Crippen molar-refractivity contribution in [2.24, 2.45) is 0 Å². The van der Waals surface area contributed by atoms with Crippen molar-refractivity contribution >= 4 is 17.4 Å². The first-order valence-electron chi connectivity index (χ1n) is 6.85. The van der Waals surface area contributed by atoms with E-state index < -0.39 is 0 Å². The highest BCUT2D eigenvalue weighted by Gasteiger charge is 2.25. The molecule has 1 saturated heterocycles. The molecular formula is C15H20ClNO3. The van der Waals surface area contributed by atoms with Crippen molar-refractivity contribution in [1.29, 1.82) is 0 Å². The lowest BCUT2D eigenvalue weighted by Crippen LogP contribution is -2.49. The number of carbonyl (C=O) groups is 1. The Morgan fingerprint density at radius 3 is 2.80 bits per heavy atom. The molecule has 4 nitrogen and oxygen atoms in total. The van der Waals surface area contributed by atoms with Gasteiger partial charge in [0, 0.05) is 36.1 Å². The molecule has 1 aromatic carbocycles. The number of carbonyl (C=O) groups excluding carboxylic acids is 1. The molecule has 1 aliphatic rings. The van der Waals surface area contributed by atoms with Gasteiger partial charge < -0.3 is 9.84 Å². The van der Waals surface area contributed by atoms with Crippen LogP contribution in [0.4, 0.5) is 0 Å². The van der Waals surface area contributed by atoms with Crippen LogP contribution in [0.15, 0.2) is 24.3 Å². The lowest BCUT2D eigenvalue weighted by atomic mass is 10.1. The SMILES string of the molecule is CC1COC(CO)CN1CCC(=O)c1ccc(Cl)cc1. The molecule has 5 heteroatoms. The fourth-order valence-electron chi connectivity index (χ4n) is 2.32. The van der Waals surface area contributed by atoms with Gasteiger partial charge in [0.25, 0.3) is 0 Å². The van der Waals surface area contributed by atoms with E-state index in [1.807, 2.05) is 0 Å². The number of hydrogen-bond acceptors (Lipinski definition) is 4. The van der Waals surface area contributed by atoms with Crippen LogP contribution in [0.5, 0.6) is 0 Å². The summed E-state index contributed by atoms with van der Waals surface area (Å²) in [6.45, 7) is 4.04. The van der Waals surface area contributed by atoms with Gasteiger partial charge in [-0.1, -0.05) is 11.6 Å². The van der Waals surface area contributed by atoms with Crippen molar-refractivity contribution in [1.82, 2.24) is 4.90 Å². The number of hydrogen-bond donors (Lipinski definition) is 1. The van der Waals surface area contributed by atoms with Gasteiger partial charge in [-0.2, -0.15) is 0 Å². The van der Waals surface area contributed by atoms with Gasteiger partial charge in [-0.25, -0.2) is 0 Å². The fraction of sp³-hybridized carbons (Fsp3) is 0.533. The quantitative estimate of drug-likeness (QED) is 0.845. The van der Waals surface area contributed by atoms with Crippen LogP contribution < -0.4 is 0 Å². The number of aliphatic hydroxyl groups is 1. The van der Waals surface area contributed by atoms with Crippen LogP contribution in [0.25, 0.3) is 0 Å². The van der Waals surface area contributed by atoms with Gasteiger partial charge in [-0.15, -0.1) is 0 Å². The Bertz CT molecular complexity index is 449. The molecule has 0 saturated carbocycles. The molecule has 0 amide bonds. The summed E-state index contributed by atoms with van der Waals surface area (Å²) in [5.74, 6) is 0.112.